The fourth-order valence-corrected chi connectivity index (χ4v) is 2.66. The Kier molecular flexibility index (Phi) is 3.10. The van der Waals surface area contributed by atoms with Crippen LogP contribution in [0, 0.1) is 5.92 Å². The van der Waals surface area contributed by atoms with Gasteiger partial charge in [0.1, 0.15) is 11.8 Å². The molecule has 0 aromatic carbocycles. The van der Waals surface area contributed by atoms with Crippen LogP contribution in [-0.2, 0) is 0 Å². The minimum Gasteiger partial charge on any atom is -0.368 e. The molecule has 2 aromatic rings. The van der Waals surface area contributed by atoms with Gasteiger partial charge in [0.15, 0.2) is 11.5 Å². The summed E-state index contributed by atoms with van der Waals surface area (Å²) < 4.78 is 0. The second-order valence-electron chi connectivity index (χ2n) is 5.00. The van der Waals surface area contributed by atoms with Crippen molar-refractivity contribution in [3.63, 3.8) is 0 Å². The van der Waals surface area contributed by atoms with E-state index in [0.29, 0.717) is 17.6 Å². The minimum atomic E-state index is 0.364. The number of aromatic amines is 1. The highest BCUT2D eigenvalue weighted by Crippen LogP contribution is 2.24. The van der Waals surface area contributed by atoms with Gasteiger partial charge in [-0.3, -0.25) is 0 Å². The van der Waals surface area contributed by atoms with Crippen LogP contribution in [0.1, 0.15) is 25.7 Å². The van der Waals surface area contributed by atoms with Gasteiger partial charge in [-0.15, -0.1) is 0 Å². The van der Waals surface area contributed by atoms with Crippen molar-refractivity contribution in [2.45, 2.75) is 31.7 Å². The Bertz CT molecular complexity index is 522. The normalized spacial score (nSPS) is 24.3. The number of H-pyrrole nitrogens is 1. The fourth-order valence-electron chi connectivity index (χ4n) is 2.66. The number of nitrogens with two attached hydrogens (primary N) is 1. The highest BCUT2D eigenvalue weighted by molar-refractivity contribution is 5.81. The zero-order chi connectivity index (χ0) is 12.4. The standard InChI is InChI=1S/C12H18N6/c13-9-3-1-2-8(4-9)5-14-11-10-12(16-6-15-10)18-7-17-11/h6-9H,1-5,13H2,(H2,14,15,16,17,18). The molecule has 2 atom stereocenters. The molecule has 0 aliphatic heterocycles. The zero-order valence-corrected chi connectivity index (χ0v) is 10.3. The monoisotopic (exact) mass is 246 g/mol. The third kappa shape index (κ3) is 2.28. The molecule has 2 aromatic heterocycles. The van der Waals surface area contributed by atoms with Gasteiger partial charge in [-0.05, 0) is 25.2 Å². The summed E-state index contributed by atoms with van der Waals surface area (Å²) in [5.41, 5.74) is 7.57. The van der Waals surface area contributed by atoms with E-state index in [-0.39, 0.29) is 0 Å². The fraction of sp³-hybridized carbons (Fsp3) is 0.583. The third-order valence-electron chi connectivity index (χ3n) is 3.60. The molecular weight excluding hydrogens is 228 g/mol. The van der Waals surface area contributed by atoms with Crippen LogP contribution >= 0.6 is 0 Å². The molecule has 6 nitrogen and oxygen atoms in total. The van der Waals surface area contributed by atoms with Crippen LogP contribution in [0.2, 0.25) is 0 Å². The van der Waals surface area contributed by atoms with Crippen LogP contribution in [0.5, 0.6) is 0 Å². The van der Waals surface area contributed by atoms with E-state index in [4.69, 9.17) is 5.73 Å². The van der Waals surface area contributed by atoms with E-state index in [2.05, 4.69) is 25.3 Å². The van der Waals surface area contributed by atoms with Gasteiger partial charge in [0, 0.05) is 12.6 Å². The summed E-state index contributed by atoms with van der Waals surface area (Å²) >= 11 is 0. The van der Waals surface area contributed by atoms with E-state index in [9.17, 15) is 0 Å². The molecule has 0 spiro atoms. The van der Waals surface area contributed by atoms with Crippen LogP contribution in [0.15, 0.2) is 12.7 Å². The van der Waals surface area contributed by atoms with Gasteiger partial charge >= 0.3 is 0 Å². The van der Waals surface area contributed by atoms with Crippen molar-refractivity contribution in [1.82, 2.24) is 19.9 Å². The molecule has 0 saturated heterocycles. The summed E-state index contributed by atoms with van der Waals surface area (Å²) in [7, 11) is 0. The van der Waals surface area contributed by atoms with Crippen molar-refractivity contribution < 1.29 is 0 Å². The number of aromatic nitrogens is 4. The van der Waals surface area contributed by atoms with E-state index >= 15 is 0 Å². The van der Waals surface area contributed by atoms with Gasteiger partial charge < -0.3 is 16.0 Å². The lowest BCUT2D eigenvalue weighted by molar-refractivity contribution is 0.335. The topological polar surface area (TPSA) is 92.5 Å². The summed E-state index contributed by atoms with van der Waals surface area (Å²) in [6, 6.07) is 0.364. The highest BCUT2D eigenvalue weighted by atomic mass is 15.1. The lowest BCUT2D eigenvalue weighted by atomic mass is 9.86. The Morgan fingerprint density at radius 1 is 1.33 bits per heavy atom. The largest absolute Gasteiger partial charge is 0.368 e. The molecule has 0 bridgehead atoms. The first-order chi connectivity index (χ1) is 8.83. The number of anilines is 1. The average Bonchev–Trinajstić information content (AvgIpc) is 2.85. The molecule has 1 saturated carbocycles. The Hall–Kier alpha value is -1.69. The lowest BCUT2D eigenvalue weighted by Crippen LogP contribution is -2.31. The number of nitrogens with one attached hydrogen (secondary N) is 2. The van der Waals surface area contributed by atoms with Gasteiger partial charge in [0.25, 0.3) is 0 Å². The van der Waals surface area contributed by atoms with Gasteiger partial charge in [0.2, 0.25) is 0 Å². The molecule has 96 valence electrons. The summed E-state index contributed by atoms with van der Waals surface area (Å²) in [4.78, 5) is 15.5. The summed E-state index contributed by atoms with van der Waals surface area (Å²) in [5.74, 6) is 1.47. The van der Waals surface area contributed by atoms with Crippen molar-refractivity contribution in [2.24, 2.45) is 11.7 Å². The molecule has 3 rings (SSSR count). The van der Waals surface area contributed by atoms with Gasteiger partial charge in [-0.2, -0.15) is 0 Å². The molecule has 1 fully saturated rings. The maximum atomic E-state index is 6.00. The third-order valence-corrected chi connectivity index (χ3v) is 3.60. The number of fused-ring (bicyclic) bond motifs is 1. The van der Waals surface area contributed by atoms with Gasteiger partial charge in [-0.25, -0.2) is 15.0 Å². The van der Waals surface area contributed by atoms with E-state index in [1.54, 1.807) is 6.33 Å². The van der Waals surface area contributed by atoms with Crippen LogP contribution < -0.4 is 11.1 Å². The van der Waals surface area contributed by atoms with Crippen molar-refractivity contribution >= 4 is 17.0 Å². The molecule has 0 amide bonds. The molecule has 18 heavy (non-hydrogen) atoms. The first-order valence-electron chi connectivity index (χ1n) is 6.46. The summed E-state index contributed by atoms with van der Waals surface area (Å²) in [6.07, 6.45) is 7.92. The van der Waals surface area contributed by atoms with Crippen molar-refractivity contribution in [3.8, 4) is 0 Å². The molecule has 2 heterocycles. The number of hydrogen-bond acceptors (Lipinski definition) is 5. The summed E-state index contributed by atoms with van der Waals surface area (Å²) in [5, 5.41) is 3.39. The Labute approximate surface area is 105 Å². The second kappa shape index (κ2) is 4.89. The maximum Gasteiger partial charge on any atom is 0.182 e. The molecule has 0 radical (unpaired) electrons. The van der Waals surface area contributed by atoms with Crippen LogP contribution in [0.4, 0.5) is 5.82 Å². The first-order valence-corrected chi connectivity index (χ1v) is 6.46. The smallest absolute Gasteiger partial charge is 0.182 e. The number of rotatable bonds is 3. The average molecular weight is 246 g/mol. The minimum absolute atomic E-state index is 0.364. The number of hydrogen-bond donors (Lipinski definition) is 3. The van der Waals surface area contributed by atoms with Crippen LogP contribution in [0.25, 0.3) is 11.2 Å². The zero-order valence-electron chi connectivity index (χ0n) is 10.3. The maximum absolute atomic E-state index is 6.00. The molecule has 1 aliphatic rings. The number of nitrogens with zero attached hydrogens (tertiary/aromatic N) is 3. The predicted molar refractivity (Wildman–Crippen MR) is 70.1 cm³/mol. The van der Waals surface area contributed by atoms with Crippen molar-refractivity contribution in [3.05, 3.63) is 12.7 Å². The Morgan fingerprint density at radius 2 is 2.28 bits per heavy atom. The van der Waals surface area contributed by atoms with E-state index < -0.39 is 0 Å². The lowest BCUT2D eigenvalue weighted by Gasteiger charge is -2.26. The van der Waals surface area contributed by atoms with E-state index in [1.165, 1.54) is 19.2 Å². The van der Waals surface area contributed by atoms with Gasteiger partial charge in [0.05, 0.1) is 6.33 Å². The second-order valence-corrected chi connectivity index (χ2v) is 5.00. The molecule has 2 unspecified atom stereocenters. The van der Waals surface area contributed by atoms with Crippen molar-refractivity contribution in [2.75, 3.05) is 11.9 Å². The molecule has 4 N–H and O–H groups in total. The molecule has 6 heteroatoms. The molecule has 1 aliphatic carbocycles. The first kappa shape index (κ1) is 11.4. The predicted octanol–water partition coefficient (Wildman–Crippen LogP) is 1.28. The Morgan fingerprint density at radius 3 is 3.17 bits per heavy atom. The van der Waals surface area contributed by atoms with Crippen LogP contribution in [0.3, 0.4) is 0 Å². The SMILES string of the molecule is NC1CCCC(CNc2ncnc3nc[nH]c23)C1. The van der Waals surface area contributed by atoms with Crippen molar-refractivity contribution in [1.29, 1.82) is 0 Å². The van der Waals surface area contributed by atoms with Crippen LogP contribution in [-0.4, -0.2) is 32.5 Å². The summed E-state index contributed by atoms with van der Waals surface area (Å²) in [6.45, 7) is 0.916. The molecular formula is C12H18N6. The van der Waals surface area contributed by atoms with Gasteiger partial charge in [-0.1, -0.05) is 6.42 Å². The quantitative estimate of drug-likeness (QED) is 0.758. The highest BCUT2D eigenvalue weighted by Gasteiger charge is 2.19. The van der Waals surface area contributed by atoms with E-state index in [1.807, 2.05) is 0 Å². The number of imidazole rings is 1. The van der Waals surface area contributed by atoms with E-state index in [0.717, 1.165) is 30.7 Å². The Balaban J connectivity index is 1.67.